The monoisotopic (exact) mass is 480 g/mol. The summed E-state index contributed by atoms with van der Waals surface area (Å²) in [5.41, 5.74) is 0.688. The van der Waals surface area contributed by atoms with Gasteiger partial charge in [-0.1, -0.05) is 17.7 Å². The first-order valence-corrected chi connectivity index (χ1v) is 12.1. The molecule has 0 bridgehead atoms. The van der Waals surface area contributed by atoms with Crippen LogP contribution in [0.15, 0.2) is 36.7 Å². The van der Waals surface area contributed by atoms with Gasteiger partial charge >= 0.3 is 0 Å². The van der Waals surface area contributed by atoms with Crippen LogP contribution in [0.25, 0.3) is 10.9 Å². The van der Waals surface area contributed by atoms with Crippen LogP contribution < -0.4 is 20.1 Å². The third-order valence-corrected chi connectivity index (χ3v) is 7.68. The highest BCUT2D eigenvalue weighted by Gasteiger charge is 2.44. The van der Waals surface area contributed by atoms with E-state index in [1.54, 1.807) is 18.2 Å². The fourth-order valence-electron chi connectivity index (χ4n) is 3.68. The van der Waals surface area contributed by atoms with E-state index in [-0.39, 0.29) is 17.3 Å². The molecule has 4 rings (SSSR count). The molecule has 1 aliphatic rings. The van der Waals surface area contributed by atoms with E-state index in [1.807, 2.05) is 0 Å². The van der Waals surface area contributed by atoms with Gasteiger partial charge in [0.25, 0.3) is 0 Å². The lowest BCUT2D eigenvalue weighted by Crippen LogP contribution is -2.51. The number of ether oxygens (including phenoxy) is 2. The standard InChI is InChI=1S/C21H22ClFN4O4S/c1-30-17-10-16-13(9-18(17)31-11-21(32(2,28)29)7-4-8-26-21)20(25-12-24-16)27-15-6-3-5-14(22)19(15)23/h3,5-6,9-10,12,26H,4,7-8,11H2,1-2H3,(H,24,25,27)/t21-/m1/s1. The van der Waals surface area contributed by atoms with Crippen LogP contribution in [0.5, 0.6) is 11.5 Å². The molecular formula is C21H22ClFN4O4S. The van der Waals surface area contributed by atoms with Gasteiger partial charge in [0, 0.05) is 17.7 Å². The molecule has 32 heavy (non-hydrogen) atoms. The van der Waals surface area contributed by atoms with Gasteiger partial charge in [-0.3, -0.25) is 5.32 Å². The zero-order chi connectivity index (χ0) is 22.9. The van der Waals surface area contributed by atoms with E-state index in [1.165, 1.54) is 31.8 Å². The minimum atomic E-state index is -3.42. The Morgan fingerprint density at radius 2 is 2.09 bits per heavy atom. The molecule has 0 saturated carbocycles. The molecule has 1 saturated heterocycles. The second kappa shape index (κ2) is 8.68. The van der Waals surface area contributed by atoms with Crippen molar-refractivity contribution in [1.82, 2.24) is 15.3 Å². The number of anilines is 2. The number of aromatic nitrogens is 2. The van der Waals surface area contributed by atoms with Crippen molar-refractivity contribution in [3.8, 4) is 11.5 Å². The Morgan fingerprint density at radius 1 is 1.28 bits per heavy atom. The lowest BCUT2D eigenvalue weighted by molar-refractivity contribution is 0.241. The number of nitrogens with one attached hydrogen (secondary N) is 2. The van der Waals surface area contributed by atoms with Gasteiger partial charge < -0.3 is 14.8 Å². The molecule has 0 radical (unpaired) electrons. The lowest BCUT2D eigenvalue weighted by Gasteiger charge is -2.27. The second-order valence-electron chi connectivity index (χ2n) is 7.55. The number of halogens is 2. The average Bonchev–Trinajstić information content (AvgIpc) is 3.25. The molecule has 8 nitrogen and oxygen atoms in total. The Kier molecular flexibility index (Phi) is 6.11. The lowest BCUT2D eigenvalue weighted by atomic mass is 10.2. The summed E-state index contributed by atoms with van der Waals surface area (Å²) in [7, 11) is -1.94. The first kappa shape index (κ1) is 22.5. The smallest absolute Gasteiger partial charge is 0.169 e. The molecule has 3 aromatic rings. The van der Waals surface area contributed by atoms with Crippen LogP contribution in [0.4, 0.5) is 15.9 Å². The Balaban J connectivity index is 1.72. The number of hydrogen-bond acceptors (Lipinski definition) is 8. The first-order chi connectivity index (χ1) is 15.2. The largest absolute Gasteiger partial charge is 0.493 e. The summed E-state index contributed by atoms with van der Waals surface area (Å²) in [6, 6.07) is 7.90. The summed E-state index contributed by atoms with van der Waals surface area (Å²) in [5.74, 6) is 0.438. The van der Waals surface area contributed by atoms with Gasteiger partial charge in [-0.15, -0.1) is 0 Å². The topological polar surface area (TPSA) is 102 Å². The zero-order valence-electron chi connectivity index (χ0n) is 17.5. The third-order valence-electron chi connectivity index (χ3n) is 5.50. The van der Waals surface area contributed by atoms with Crippen LogP contribution >= 0.6 is 11.6 Å². The molecule has 0 amide bonds. The molecule has 170 valence electrons. The SMILES string of the molecule is COc1cc2ncnc(Nc3cccc(Cl)c3F)c2cc1OC[C@]1(S(C)(=O)=O)CCCN1. The van der Waals surface area contributed by atoms with Crippen LogP contribution in [-0.2, 0) is 9.84 Å². The van der Waals surface area contributed by atoms with Crippen molar-refractivity contribution in [1.29, 1.82) is 0 Å². The van der Waals surface area contributed by atoms with Gasteiger partial charge in [0.15, 0.2) is 32.0 Å². The number of fused-ring (bicyclic) bond motifs is 1. The Labute approximate surface area is 190 Å². The number of nitrogens with zero attached hydrogens (tertiary/aromatic N) is 2. The van der Waals surface area contributed by atoms with Crippen molar-refractivity contribution in [2.24, 2.45) is 0 Å². The molecule has 1 atom stereocenters. The van der Waals surface area contributed by atoms with E-state index in [4.69, 9.17) is 21.1 Å². The van der Waals surface area contributed by atoms with Crippen LogP contribution in [0.2, 0.25) is 5.02 Å². The molecule has 2 heterocycles. The van der Waals surface area contributed by atoms with Gasteiger partial charge in [-0.05, 0) is 37.6 Å². The van der Waals surface area contributed by atoms with E-state index >= 15 is 0 Å². The summed E-state index contributed by atoms with van der Waals surface area (Å²) in [4.78, 5) is 7.31. The van der Waals surface area contributed by atoms with Gasteiger partial charge in [0.1, 0.15) is 18.8 Å². The van der Waals surface area contributed by atoms with Crippen molar-refractivity contribution in [3.05, 3.63) is 47.5 Å². The number of methoxy groups -OCH3 is 1. The molecule has 2 N–H and O–H groups in total. The molecule has 0 unspecified atom stereocenters. The van der Waals surface area contributed by atoms with Crippen LogP contribution in [0, 0.1) is 5.82 Å². The van der Waals surface area contributed by atoms with E-state index in [9.17, 15) is 12.8 Å². The minimum Gasteiger partial charge on any atom is -0.493 e. The predicted molar refractivity (Wildman–Crippen MR) is 121 cm³/mol. The van der Waals surface area contributed by atoms with Gasteiger partial charge in [0.2, 0.25) is 0 Å². The van der Waals surface area contributed by atoms with Crippen molar-refractivity contribution < 1.29 is 22.3 Å². The van der Waals surface area contributed by atoms with E-state index in [0.717, 1.165) is 6.42 Å². The maximum Gasteiger partial charge on any atom is 0.169 e. The molecule has 1 aromatic heterocycles. The summed E-state index contributed by atoms with van der Waals surface area (Å²) in [5, 5.41) is 6.52. The highest BCUT2D eigenvalue weighted by Crippen LogP contribution is 2.37. The number of hydrogen-bond donors (Lipinski definition) is 2. The number of rotatable bonds is 7. The van der Waals surface area contributed by atoms with E-state index < -0.39 is 20.5 Å². The maximum atomic E-state index is 14.4. The minimum absolute atomic E-state index is 0.0193. The maximum absolute atomic E-state index is 14.4. The van der Waals surface area contributed by atoms with Gasteiger partial charge in [0.05, 0.1) is 23.3 Å². The second-order valence-corrected chi connectivity index (χ2v) is 10.3. The Bertz CT molecular complexity index is 1270. The highest BCUT2D eigenvalue weighted by molar-refractivity contribution is 7.92. The van der Waals surface area contributed by atoms with Crippen molar-refractivity contribution >= 4 is 43.8 Å². The normalized spacial score (nSPS) is 18.6. The zero-order valence-corrected chi connectivity index (χ0v) is 19.1. The van der Waals surface area contributed by atoms with Crippen LogP contribution in [0.3, 0.4) is 0 Å². The fraction of sp³-hybridized carbons (Fsp3) is 0.333. The van der Waals surface area contributed by atoms with Gasteiger partial charge in [-0.2, -0.15) is 0 Å². The Morgan fingerprint density at radius 3 is 2.78 bits per heavy atom. The Hall–Kier alpha value is -2.69. The summed E-state index contributed by atoms with van der Waals surface area (Å²) in [6.45, 7) is 0.505. The number of sulfone groups is 1. The third kappa shape index (κ3) is 4.17. The molecule has 11 heteroatoms. The molecule has 1 aliphatic heterocycles. The fourth-order valence-corrected chi connectivity index (χ4v) is 5.01. The average molecular weight is 481 g/mol. The molecule has 2 aromatic carbocycles. The van der Waals surface area contributed by atoms with E-state index in [0.29, 0.717) is 41.2 Å². The molecule has 1 fully saturated rings. The summed E-state index contributed by atoms with van der Waals surface area (Å²) in [6.07, 6.45) is 3.72. The predicted octanol–water partition coefficient (Wildman–Crippen LogP) is 3.68. The summed E-state index contributed by atoms with van der Waals surface area (Å²) < 4.78 is 50.6. The van der Waals surface area contributed by atoms with Gasteiger partial charge in [-0.25, -0.2) is 22.8 Å². The molecule has 0 aliphatic carbocycles. The first-order valence-electron chi connectivity index (χ1n) is 9.85. The highest BCUT2D eigenvalue weighted by atomic mass is 35.5. The van der Waals surface area contributed by atoms with E-state index in [2.05, 4.69) is 20.6 Å². The number of benzene rings is 2. The van der Waals surface area contributed by atoms with Crippen molar-refractivity contribution in [3.63, 3.8) is 0 Å². The molecular weight excluding hydrogens is 459 g/mol. The van der Waals surface area contributed by atoms with Crippen molar-refractivity contribution in [2.45, 2.75) is 17.7 Å². The van der Waals surface area contributed by atoms with Crippen LogP contribution in [0.1, 0.15) is 12.8 Å². The quantitative estimate of drug-likeness (QED) is 0.528. The molecule has 0 spiro atoms. The summed E-state index contributed by atoms with van der Waals surface area (Å²) >= 11 is 5.88. The van der Waals surface area contributed by atoms with Crippen molar-refractivity contribution in [2.75, 3.05) is 31.8 Å². The van der Waals surface area contributed by atoms with Crippen LogP contribution in [-0.4, -0.2) is 49.8 Å².